The van der Waals surface area contributed by atoms with Gasteiger partial charge in [-0.2, -0.15) is 0 Å². The van der Waals surface area contributed by atoms with E-state index in [-0.39, 0.29) is 17.9 Å². The van der Waals surface area contributed by atoms with Crippen LogP contribution < -0.4 is 5.32 Å². The molecular formula is C17H30N6O2. The van der Waals surface area contributed by atoms with Gasteiger partial charge in [-0.25, -0.2) is 4.68 Å². The zero-order valence-electron chi connectivity index (χ0n) is 15.3. The Morgan fingerprint density at radius 3 is 2.76 bits per heavy atom. The van der Waals surface area contributed by atoms with Crippen LogP contribution in [-0.2, 0) is 16.1 Å². The maximum absolute atomic E-state index is 12.6. The summed E-state index contributed by atoms with van der Waals surface area (Å²) in [7, 11) is 0. The molecule has 2 atom stereocenters. The number of rotatable bonds is 7. The third-order valence-corrected chi connectivity index (χ3v) is 5.47. The summed E-state index contributed by atoms with van der Waals surface area (Å²) in [4.78, 5) is 15.0. The fraction of sp³-hybridized carbons (Fsp3) is 0.882. The van der Waals surface area contributed by atoms with E-state index in [2.05, 4.69) is 39.6 Å². The van der Waals surface area contributed by atoms with Crippen molar-refractivity contribution >= 4 is 5.91 Å². The monoisotopic (exact) mass is 350 g/mol. The van der Waals surface area contributed by atoms with Crippen LogP contribution in [0.2, 0.25) is 0 Å². The summed E-state index contributed by atoms with van der Waals surface area (Å²) in [5, 5.41) is 14.6. The molecule has 0 saturated carbocycles. The molecule has 140 valence electrons. The first-order valence-electron chi connectivity index (χ1n) is 9.44. The van der Waals surface area contributed by atoms with Gasteiger partial charge in [0.05, 0.1) is 0 Å². The fourth-order valence-corrected chi connectivity index (χ4v) is 3.92. The molecule has 0 aromatic carbocycles. The summed E-state index contributed by atoms with van der Waals surface area (Å²) in [6, 6.07) is 0.253. The average molecular weight is 350 g/mol. The lowest BCUT2D eigenvalue weighted by Gasteiger charge is -2.27. The van der Waals surface area contributed by atoms with Crippen LogP contribution in [0.5, 0.6) is 0 Å². The summed E-state index contributed by atoms with van der Waals surface area (Å²) in [5.74, 6) is 1.41. The highest BCUT2D eigenvalue weighted by Gasteiger charge is 2.36. The molecule has 2 saturated heterocycles. The number of likely N-dealkylation sites (tertiary alicyclic amines) is 1. The maximum atomic E-state index is 12.6. The lowest BCUT2D eigenvalue weighted by molar-refractivity contribution is -0.128. The van der Waals surface area contributed by atoms with Crippen molar-refractivity contribution in [2.24, 2.45) is 17.8 Å². The van der Waals surface area contributed by atoms with E-state index in [1.54, 1.807) is 11.0 Å². The van der Waals surface area contributed by atoms with Crippen molar-refractivity contribution in [1.82, 2.24) is 30.4 Å². The lowest BCUT2D eigenvalue weighted by atomic mass is 9.90. The number of nitrogens with one attached hydrogen (secondary N) is 1. The van der Waals surface area contributed by atoms with Crippen LogP contribution in [-0.4, -0.2) is 69.9 Å². The second-order valence-electron chi connectivity index (χ2n) is 7.60. The normalized spacial score (nSPS) is 25.6. The van der Waals surface area contributed by atoms with Crippen LogP contribution in [0.4, 0.5) is 0 Å². The summed E-state index contributed by atoms with van der Waals surface area (Å²) in [6.45, 7) is 9.74. The van der Waals surface area contributed by atoms with Gasteiger partial charge in [0.25, 0.3) is 0 Å². The van der Waals surface area contributed by atoms with Crippen LogP contribution in [0.3, 0.4) is 0 Å². The zero-order valence-corrected chi connectivity index (χ0v) is 15.3. The smallest absolute Gasteiger partial charge is 0.223 e. The first kappa shape index (κ1) is 18.3. The highest BCUT2D eigenvalue weighted by molar-refractivity contribution is 5.79. The van der Waals surface area contributed by atoms with Gasteiger partial charge >= 0.3 is 0 Å². The molecule has 2 aliphatic heterocycles. The number of aryl methyl sites for hydroxylation is 1. The molecule has 0 unspecified atom stereocenters. The van der Waals surface area contributed by atoms with Crippen molar-refractivity contribution in [3.8, 4) is 0 Å². The van der Waals surface area contributed by atoms with Gasteiger partial charge < -0.3 is 15.0 Å². The van der Waals surface area contributed by atoms with E-state index in [0.29, 0.717) is 25.0 Å². The zero-order chi connectivity index (χ0) is 17.6. The number of tetrazole rings is 1. The van der Waals surface area contributed by atoms with Gasteiger partial charge in [-0.05, 0) is 48.1 Å². The first-order valence-corrected chi connectivity index (χ1v) is 9.44. The van der Waals surface area contributed by atoms with Gasteiger partial charge in [0, 0.05) is 44.8 Å². The molecule has 1 aromatic heterocycles. The number of amides is 1. The number of carbonyl (C=O) groups excluding carboxylic acids is 1. The third kappa shape index (κ3) is 4.98. The summed E-state index contributed by atoms with van der Waals surface area (Å²) in [5.41, 5.74) is 0. The maximum Gasteiger partial charge on any atom is 0.223 e. The Kier molecular flexibility index (Phi) is 6.36. The van der Waals surface area contributed by atoms with Gasteiger partial charge in [-0.15, -0.1) is 5.10 Å². The number of nitrogens with zero attached hydrogens (tertiary/aromatic N) is 5. The minimum absolute atomic E-state index is 0.121. The van der Waals surface area contributed by atoms with E-state index in [1.807, 2.05) is 0 Å². The minimum atomic E-state index is 0.121. The number of hydrogen-bond donors (Lipinski definition) is 1. The number of aromatic nitrogens is 4. The average Bonchev–Trinajstić information content (AvgIpc) is 3.26. The molecule has 0 aliphatic carbocycles. The number of carbonyl (C=O) groups is 1. The molecule has 0 bridgehead atoms. The second kappa shape index (κ2) is 8.71. The van der Waals surface area contributed by atoms with Crippen molar-refractivity contribution in [3.63, 3.8) is 0 Å². The minimum Gasteiger partial charge on any atom is -0.381 e. The van der Waals surface area contributed by atoms with Crippen LogP contribution in [0, 0.1) is 17.8 Å². The highest BCUT2D eigenvalue weighted by Crippen LogP contribution is 2.25. The predicted octanol–water partition coefficient (Wildman–Crippen LogP) is 0.562. The standard InChI is InChI=1S/C17H30N6O2/c1-13(2)15-10-22(6-3-7-23-12-18-20-21-23)11-16(15)19-17(24)14-4-8-25-9-5-14/h12-16H,3-11H2,1-2H3,(H,19,24)/t15-,16+/m0/s1. The molecule has 25 heavy (non-hydrogen) atoms. The van der Waals surface area contributed by atoms with Crippen molar-refractivity contribution in [1.29, 1.82) is 0 Å². The Balaban J connectivity index is 1.48. The lowest BCUT2D eigenvalue weighted by Crippen LogP contribution is -2.45. The van der Waals surface area contributed by atoms with E-state index in [4.69, 9.17) is 4.74 Å². The quantitative estimate of drug-likeness (QED) is 0.773. The molecule has 8 heteroatoms. The molecule has 1 aromatic rings. The van der Waals surface area contributed by atoms with E-state index >= 15 is 0 Å². The molecule has 1 amide bonds. The molecule has 2 aliphatic rings. The predicted molar refractivity (Wildman–Crippen MR) is 92.7 cm³/mol. The summed E-state index contributed by atoms with van der Waals surface area (Å²) in [6.07, 6.45) is 4.36. The van der Waals surface area contributed by atoms with E-state index in [0.717, 1.165) is 45.4 Å². The van der Waals surface area contributed by atoms with Gasteiger partial charge in [-0.1, -0.05) is 13.8 Å². The highest BCUT2D eigenvalue weighted by atomic mass is 16.5. The van der Waals surface area contributed by atoms with Gasteiger partial charge in [-0.3, -0.25) is 4.79 Å². The Morgan fingerprint density at radius 2 is 2.08 bits per heavy atom. The van der Waals surface area contributed by atoms with Crippen LogP contribution >= 0.6 is 0 Å². The Morgan fingerprint density at radius 1 is 1.28 bits per heavy atom. The van der Waals surface area contributed by atoms with Crippen LogP contribution in [0.25, 0.3) is 0 Å². The van der Waals surface area contributed by atoms with Crippen molar-refractivity contribution in [2.45, 2.75) is 45.7 Å². The Hall–Kier alpha value is -1.54. The van der Waals surface area contributed by atoms with Crippen LogP contribution in [0.1, 0.15) is 33.1 Å². The third-order valence-electron chi connectivity index (χ3n) is 5.47. The van der Waals surface area contributed by atoms with Gasteiger partial charge in [0.15, 0.2) is 0 Å². The largest absolute Gasteiger partial charge is 0.381 e. The van der Waals surface area contributed by atoms with Gasteiger partial charge in [0.2, 0.25) is 5.91 Å². The summed E-state index contributed by atoms with van der Waals surface area (Å²) < 4.78 is 7.13. The van der Waals surface area contributed by atoms with Crippen molar-refractivity contribution in [3.05, 3.63) is 6.33 Å². The fourth-order valence-electron chi connectivity index (χ4n) is 3.92. The Labute approximate surface area is 149 Å². The second-order valence-corrected chi connectivity index (χ2v) is 7.60. The molecule has 3 rings (SSSR count). The van der Waals surface area contributed by atoms with Crippen molar-refractivity contribution < 1.29 is 9.53 Å². The first-order chi connectivity index (χ1) is 12.1. The molecule has 3 heterocycles. The molecule has 0 spiro atoms. The molecule has 2 fully saturated rings. The molecular weight excluding hydrogens is 320 g/mol. The van der Waals surface area contributed by atoms with E-state index in [9.17, 15) is 4.79 Å². The Bertz CT molecular complexity index is 529. The molecule has 8 nitrogen and oxygen atoms in total. The topological polar surface area (TPSA) is 85.2 Å². The van der Waals surface area contributed by atoms with E-state index in [1.165, 1.54) is 0 Å². The van der Waals surface area contributed by atoms with Gasteiger partial charge in [0.1, 0.15) is 6.33 Å². The van der Waals surface area contributed by atoms with Crippen LogP contribution in [0.15, 0.2) is 6.33 Å². The SMILES string of the molecule is CC(C)[C@@H]1CN(CCCn2cnnn2)C[C@H]1NC(=O)C1CCOCC1. The van der Waals surface area contributed by atoms with E-state index < -0.39 is 0 Å². The summed E-state index contributed by atoms with van der Waals surface area (Å²) >= 11 is 0. The number of ether oxygens (including phenoxy) is 1. The molecule has 1 N–H and O–H groups in total. The molecule has 0 radical (unpaired) electrons. The van der Waals surface area contributed by atoms with Crippen molar-refractivity contribution in [2.75, 3.05) is 32.8 Å². The number of hydrogen-bond acceptors (Lipinski definition) is 6.